The van der Waals surface area contributed by atoms with Gasteiger partial charge in [0.1, 0.15) is 5.82 Å². The molecule has 25 heavy (non-hydrogen) atoms. The second-order valence-corrected chi connectivity index (χ2v) is 6.70. The van der Waals surface area contributed by atoms with Crippen LogP contribution in [0.25, 0.3) is 10.9 Å². The molecule has 0 radical (unpaired) electrons. The van der Waals surface area contributed by atoms with Gasteiger partial charge in [-0.1, -0.05) is 6.42 Å². The number of fused-ring (bicyclic) bond motifs is 2. The van der Waals surface area contributed by atoms with E-state index in [-0.39, 0.29) is 12.4 Å². The van der Waals surface area contributed by atoms with Crippen LogP contribution in [0, 0.1) is 0 Å². The molecule has 0 N–H and O–H groups in total. The van der Waals surface area contributed by atoms with Gasteiger partial charge < -0.3 is 14.4 Å². The highest BCUT2D eigenvalue weighted by molar-refractivity contribution is 5.85. The van der Waals surface area contributed by atoms with E-state index in [0.717, 1.165) is 47.9 Å². The molecule has 2 aromatic rings. The van der Waals surface area contributed by atoms with Crippen LogP contribution in [-0.2, 0) is 0 Å². The fraction of sp³-hybridized carbons (Fsp3) is 0.526. The first kappa shape index (κ1) is 18.1. The lowest BCUT2D eigenvalue weighted by molar-refractivity contribution is 0.133. The van der Waals surface area contributed by atoms with Crippen molar-refractivity contribution in [2.24, 2.45) is 0 Å². The molecule has 2 aliphatic heterocycles. The molecule has 0 aliphatic carbocycles. The molecule has 1 unspecified atom stereocenters. The minimum atomic E-state index is 0. The van der Waals surface area contributed by atoms with Crippen molar-refractivity contribution in [3.8, 4) is 11.5 Å². The molecule has 3 heterocycles. The Morgan fingerprint density at radius 3 is 2.60 bits per heavy atom. The van der Waals surface area contributed by atoms with Crippen LogP contribution in [0.1, 0.15) is 19.3 Å². The Morgan fingerprint density at radius 1 is 1.00 bits per heavy atom. The first-order valence-corrected chi connectivity index (χ1v) is 8.80. The number of halogens is 1. The number of rotatable bonds is 3. The van der Waals surface area contributed by atoms with Gasteiger partial charge in [0.05, 0.1) is 19.7 Å². The molecule has 1 aromatic carbocycles. The number of ether oxygens (including phenoxy) is 2. The third-order valence-corrected chi connectivity index (χ3v) is 5.34. The van der Waals surface area contributed by atoms with Crippen LogP contribution < -0.4 is 14.4 Å². The van der Waals surface area contributed by atoms with Gasteiger partial charge in [-0.3, -0.25) is 4.90 Å². The van der Waals surface area contributed by atoms with E-state index in [2.05, 4.69) is 21.9 Å². The Morgan fingerprint density at radius 2 is 1.80 bits per heavy atom. The predicted octanol–water partition coefficient (Wildman–Crippen LogP) is 3.35. The molecule has 136 valence electrons. The van der Waals surface area contributed by atoms with Crippen LogP contribution in [-0.4, -0.2) is 56.3 Å². The molecule has 0 saturated carbocycles. The van der Waals surface area contributed by atoms with Crippen molar-refractivity contribution in [1.82, 2.24) is 9.88 Å². The average molecular weight is 364 g/mol. The molecule has 0 bridgehead atoms. The van der Waals surface area contributed by atoms with Crippen molar-refractivity contribution in [3.63, 3.8) is 0 Å². The zero-order valence-corrected chi connectivity index (χ0v) is 15.7. The summed E-state index contributed by atoms with van der Waals surface area (Å²) in [4.78, 5) is 9.97. The number of hydrogen-bond acceptors (Lipinski definition) is 5. The number of piperazine rings is 1. The number of benzene rings is 1. The molecule has 6 heteroatoms. The average Bonchev–Trinajstić information content (AvgIpc) is 2.66. The summed E-state index contributed by atoms with van der Waals surface area (Å²) >= 11 is 0. The van der Waals surface area contributed by atoms with Crippen LogP contribution >= 0.6 is 12.4 Å². The van der Waals surface area contributed by atoms with Crippen LogP contribution in [0.5, 0.6) is 11.5 Å². The molecule has 5 nitrogen and oxygen atoms in total. The highest BCUT2D eigenvalue weighted by Crippen LogP contribution is 2.33. The van der Waals surface area contributed by atoms with Crippen LogP contribution in [0.4, 0.5) is 5.82 Å². The number of anilines is 1. The SMILES string of the molecule is COc1cc2ccc(N3CCN4CCCCC4C3)nc2cc1OC.Cl. The van der Waals surface area contributed by atoms with E-state index in [9.17, 15) is 0 Å². The third-order valence-electron chi connectivity index (χ3n) is 5.34. The second kappa shape index (κ2) is 7.67. The summed E-state index contributed by atoms with van der Waals surface area (Å²) in [7, 11) is 3.32. The third kappa shape index (κ3) is 3.48. The Hall–Kier alpha value is -1.72. The van der Waals surface area contributed by atoms with Gasteiger partial charge in [-0.25, -0.2) is 4.98 Å². The molecule has 1 atom stereocenters. The summed E-state index contributed by atoms with van der Waals surface area (Å²) in [5, 5.41) is 1.08. The van der Waals surface area contributed by atoms with Crippen LogP contribution in [0.15, 0.2) is 24.3 Å². The summed E-state index contributed by atoms with van der Waals surface area (Å²) in [6.07, 6.45) is 4.03. The van der Waals surface area contributed by atoms with E-state index in [1.807, 2.05) is 12.1 Å². The maximum atomic E-state index is 5.42. The minimum Gasteiger partial charge on any atom is -0.493 e. The topological polar surface area (TPSA) is 37.8 Å². The molecule has 1 aromatic heterocycles. The first-order valence-electron chi connectivity index (χ1n) is 8.80. The lowest BCUT2D eigenvalue weighted by atomic mass is 9.99. The van der Waals surface area contributed by atoms with E-state index in [1.54, 1.807) is 14.2 Å². The zero-order valence-electron chi connectivity index (χ0n) is 14.9. The maximum Gasteiger partial charge on any atom is 0.162 e. The Balaban J connectivity index is 0.00000182. The Bertz CT molecular complexity index is 740. The summed E-state index contributed by atoms with van der Waals surface area (Å²) in [6, 6.07) is 8.91. The smallest absolute Gasteiger partial charge is 0.162 e. The fourth-order valence-electron chi connectivity index (χ4n) is 3.98. The standard InChI is InChI=1S/C19H25N3O2.ClH/c1-23-17-11-14-6-7-19(20-16(14)12-18(17)24-2)22-10-9-21-8-4-3-5-15(21)13-22;/h6-7,11-12,15H,3-5,8-10,13H2,1-2H3;1H. The predicted molar refractivity (Wildman–Crippen MR) is 104 cm³/mol. The molecular formula is C19H26ClN3O2. The van der Waals surface area contributed by atoms with Gasteiger partial charge in [-0.2, -0.15) is 0 Å². The van der Waals surface area contributed by atoms with Gasteiger partial charge in [-0.15, -0.1) is 12.4 Å². The van der Waals surface area contributed by atoms with Gasteiger partial charge >= 0.3 is 0 Å². The molecule has 4 rings (SSSR count). The van der Waals surface area contributed by atoms with Gasteiger partial charge in [0.2, 0.25) is 0 Å². The van der Waals surface area contributed by atoms with Gasteiger partial charge in [0, 0.05) is 37.1 Å². The number of aromatic nitrogens is 1. The van der Waals surface area contributed by atoms with Crippen molar-refractivity contribution >= 4 is 29.1 Å². The lowest BCUT2D eigenvalue weighted by Gasteiger charge is -2.44. The van der Waals surface area contributed by atoms with E-state index >= 15 is 0 Å². The maximum absolute atomic E-state index is 5.42. The quantitative estimate of drug-likeness (QED) is 0.836. The minimum absolute atomic E-state index is 0. The molecule has 0 amide bonds. The van der Waals surface area contributed by atoms with Crippen molar-refractivity contribution in [2.45, 2.75) is 25.3 Å². The number of piperidine rings is 1. The summed E-state index contributed by atoms with van der Waals surface area (Å²) in [5.41, 5.74) is 0.955. The summed E-state index contributed by atoms with van der Waals surface area (Å²) < 4.78 is 10.8. The lowest BCUT2D eigenvalue weighted by Crippen LogP contribution is -2.55. The number of pyridine rings is 1. The van der Waals surface area contributed by atoms with E-state index < -0.39 is 0 Å². The largest absolute Gasteiger partial charge is 0.493 e. The van der Waals surface area contributed by atoms with Crippen molar-refractivity contribution in [1.29, 1.82) is 0 Å². The van der Waals surface area contributed by atoms with Crippen molar-refractivity contribution < 1.29 is 9.47 Å². The van der Waals surface area contributed by atoms with Gasteiger partial charge in [0.15, 0.2) is 11.5 Å². The van der Waals surface area contributed by atoms with E-state index in [0.29, 0.717) is 6.04 Å². The number of hydrogen-bond donors (Lipinski definition) is 0. The first-order chi connectivity index (χ1) is 11.8. The van der Waals surface area contributed by atoms with E-state index in [4.69, 9.17) is 14.5 Å². The van der Waals surface area contributed by atoms with Crippen molar-refractivity contribution in [3.05, 3.63) is 24.3 Å². The fourth-order valence-corrected chi connectivity index (χ4v) is 3.98. The molecule has 0 spiro atoms. The molecule has 2 aliphatic rings. The van der Waals surface area contributed by atoms with E-state index in [1.165, 1.54) is 25.8 Å². The van der Waals surface area contributed by atoms with Crippen LogP contribution in [0.3, 0.4) is 0 Å². The molecule has 2 fully saturated rings. The highest BCUT2D eigenvalue weighted by atomic mass is 35.5. The second-order valence-electron chi connectivity index (χ2n) is 6.70. The zero-order chi connectivity index (χ0) is 16.5. The van der Waals surface area contributed by atoms with Crippen LogP contribution in [0.2, 0.25) is 0 Å². The Kier molecular flexibility index (Phi) is 5.54. The van der Waals surface area contributed by atoms with Crippen molar-refractivity contribution in [2.75, 3.05) is 45.3 Å². The summed E-state index contributed by atoms with van der Waals surface area (Å²) in [5.74, 6) is 2.54. The number of methoxy groups -OCH3 is 2. The monoisotopic (exact) mass is 363 g/mol. The molecule has 2 saturated heterocycles. The highest BCUT2D eigenvalue weighted by Gasteiger charge is 2.29. The Labute approximate surface area is 155 Å². The molecular weight excluding hydrogens is 338 g/mol. The van der Waals surface area contributed by atoms with Gasteiger partial charge in [-0.05, 0) is 37.6 Å². The number of nitrogens with zero attached hydrogens (tertiary/aromatic N) is 3. The normalized spacial score (nSPS) is 20.7. The van der Waals surface area contributed by atoms with Gasteiger partial charge in [0.25, 0.3) is 0 Å². The summed E-state index contributed by atoms with van der Waals surface area (Å²) in [6.45, 7) is 4.56.